The number of hydrogen-bond acceptors (Lipinski definition) is 3. The van der Waals surface area contributed by atoms with Gasteiger partial charge in [-0.3, -0.25) is 14.4 Å². The van der Waals surface area contributed by atoms with Crippen LogP contribution in [0.4, 0.5) is 11.4 Å². The zero-order valence-electron chi connectivity index (χ0n) is 13.7. The van der Waals surface area contributed by atoms with Crippen LogP contribution in [-0.4, -0.2) is 22.9 Å². The average Bonchev–Trinajstić information content (AvgIpc) is 3.04. The number of carbonyl (C=O) groups is 3. The molecule has 1 fully saturated rings. The summed E-state index contributed by atoms with van der Waals surface area (Å²) in [5.41, 5.74) is 0.697. The Hall–Kier alpha value is -2.37. The molecule has 3 N–H and O–H groups in total. The Kier molecular flexibility index (Phi) is 4.45. The van der Waals surface area contributed by atoms with Crippen LogP contribution < -0.4 is 10.6 Å². The summed E-state index contributed by atoms with van der Waals surface area (Å²) in [6.07, 6.45) is 0. The maximum Gasteiger partial charge on any atom is 0.307 e. The molecule has 23 heavy (non-hydrogen) atoms. The third-order valence-corrected chi connectivity index (χ3v) is 4.32. The Morgan fingerprint density at radius 1 is 1.00 bits per heavy atom. The van der Waals surface area contributed by atoms with E-state index in [1.165, 1.54) is 0 Å². The highest BCUT2D eigenvalue weighted by atomic mass is 16.4. The summed E-state index contributed by atoms with van der Waals surface area (Å²) in [5.74, 6) is -2.60. The van der Waals surface area contributed by atoms with Gasteiger partial charge in [0.25, 0.3) is 0 Å². The molecule has 0 saturated heterocycles. The van der Waals surface area contributed by atoms with Crippen molar-refractivity contribution in [2.75, 3.05) is 10.6 Å². The molecule has 0 aliphatic heterocycles. The van der Waals surface area contributed by atoms with Gasteiger partial charge in [-0.15, -0.1) is 0 Å². The minimum Gasteiger partial charge on any atom is -0.481 e. The quantitative estimate of drug-likeness (QED) is 0.777. The first-order chi connectivity index (χ1) is 10.6. The van der Waals surface area contributed by atoms with Gasteiger partial charge in [0.2, 0.25) is 11.8 Å². The first-order valence-electron chi connectivity index (χ1n) is 7.59. The SMILES string of the molecule is CC(C)C(=O)Nc1ccc(NC(=O)[C@@H]2[C@H](C(=O)O)C2(C)C)cc1. The van der Waals surface area contributed by atoms with Crippen LogP contribution in [0.1, 0.15) is 27.7 Å². The molecule has 1 aromatic rings. The zero-order valence-corrected chi connectivity index (χ0v) is 13.7. The molecule has 1 aliphatic rings. The van der Waals surface area contributed by atoms with Crippen LogP contribution in [-0.2, 0) is 14.4 Å². The van der Waals surface area contributed by atoms with E-state index in [2.05, 4.69) is 10.6 Å². The normalized spacial score (nSPS) is 21.6. The lowest BCUT2D eigenvalue weighted by Crippen LogP contribution is -2.18. The summed E-state index contributed by atoms with van der Waals surface area (Å²) >= 11 is 0. The average molecular weight is 318 g/mol. The molecule has 0 heterocycles. The smallest absolute Gasteiger partial charge is 0.307 e. The molecule has 6 heteroatoms. The summed E-state index contributed by atoms with van der Waals surface area (Å²) < 4.78 is 0. The molecular weight excluding hydrogens is 296 g/mol. The number of carboxylic acids is 1. The van der Waals surface area contributed by atoms with E-state index in [1.54, 1.807) is 52.0 Å². The number of amides is 2. The summed E-state index contributed by atoms with van der Waals surface area (Å²) in [6.45, 7) is 7.17. The Morgan fingerprint density at radius 3 is 1.87 bits per heavy atom. The van der Waals surface area contributed by atoms with E-state index in [0.29, 0.717) is 11.4 Å². The number of anilines is 2. The predicted molar refractivity (Wildman–Crippen MR) is 86.9 cm³/mol. The number of rotatable bonds is 5. The Labute approximate surface area is 135 Å². The number of benzene rings is 1. The number of hydrogen-bond donors (Lipinski definition) is 3. The maximum atomic E-state index is 12.2. The van der Waals surface area contributed by atoms with Gasteiger partial charge in [-0.2, -0.15) is 0 Å². The third kappa shape index (κ3) is 3.52. The Balaban J connectivity index is 1.98. The standard InChI is InChI=1S/C17H22N2O4/c1-9(2)14(20)18-10-5-7-11(8-6-10)19-15(21)12-13(16(22)23)17(12,3)4/h5-9,12-13H,1-4H3,(H,18,20)(H,19,21)(H,22,23)/t12-,13+/m0/s1. The van der Waals surface area contributed by atoms with E-state index in [-0.39, 0.29) is 17.7 Å². The fraction of sp³-hybridized carbons (Fsp3) is 0.471. The van der Waals surface area contributed by atoms with Crippen molar-refractivity contribution in [3.8, 4) is 0 Å². The topological polar surface area (TPSA) is 95.5 Å². The van der Waals surface area contributed by atoms with Crippen LogP contribution in [0, 0.1) is 23.2 Å². The van der Waals surface area contributed by atoms with Crippen LogP contribution in [0.15, 0.2) is 24.3 Å². The van der Waals surface area contributed by atoms with Crippen molar-refractivity contribution < 1.29 is 19.5 Å². The minimum atomic E-state index is -0.943. The van der Waals surface area contributed by atoms with Gasteiger partial charge in [0.15, 0.2) is 0 Å². The van der Waals surface area contributed by atoms with Crippen LogP contribution in [0.25, 0.3) is 0 Å². The van der Waals surface area contributed by atoms with Gasteiger partial charge in [-0.05, 0) is 29.7 Å². The van der Waals surface area contributed by atoms with Crippen molar-refractivity contribution in [3.63, 3.8) is 0 Å². The van der Waals surface area contributed by atoms with Crippen LogP contribution >= 0.6 is 0 Å². The fourth-order valence-electron chi connectivity index (χ4n) is 2.73. The van der Waals surface area contributed by atoms with Gasteiger partial charge in [0, 0.05) is 17.3 Å². The lowest BCUT2D eigenvalue weighted by molar-refractivity contribution is -0.140. The van der Waals surface area contributed by atoms with Crippen LogP contribution in [0.5, 0.6) is 0 Å². The van der Waals surface area contributed by atoms with E-state index in [1.807, 2.05) is 0 Å². The molecule has 2 rings (SSSR count). The van der Waals surface area contributed by atoms with Crippen molar-refractivity contribution in [2.24, 2.45) is 23.2 Å². The molecule has 1 saturated carbocycles. The molecular formula is C17H22N2O4. The lowest BCUT2D eigenvalue weighted by atomic mass is 10.1. The lowest BCUT2D eigenvalue weighted by Gasteiger charge is -2.09. The van der Waals surface area contributed by atoms with E-state index in [9.17, 15) is 14.4 Å². The molecule has 0 bridgehead atoms. The summed E-state index contributed by atoms with van der Waals surface area (Å²) in [6, 6.07) is 6.75. The van der Waals surface area contributed by atoms with Gasteiger partial charge >= 0.3 is 5.97 Å². The molecule has 0 spiro atoms. The van der Waals surface area contributed by atoms with Gasteiger partial charge in [0.05, 0.1) is 11.8 Å². The Bertz CT molecular complexity index is 634. The Morgan fingerprint density at radius 2 is 1.48 bits per heavy atom. The van der Waals surface area contributed by atoms with Gasteiger partial charge in [-0.1, -0.05) is 27.7 Å². The molecule has 2 amide bonds. The van der Waals surface area contributed by atoms with Gasteiger partial charge in [0.1, 0.15) is 0 Å². The van der Waals surface area contributed by atoms with Crippen molar-refractivity contribution in [1.29, 1.82) is 0 Å². The zero-order chi connectivity index (χ0) is 17.4. The van der Waals surface area contributed by atoms with Gasteiger partial charge in [-0.25, -0.2) is 0 Å². The molecule has 0 aromatic heterocycles. The molecule has 0 radical (unpaired) electrons. The molecule has 2 atom stereocenters. The van der Waals surface area contributed by atoms with Crippen LogP contribution in [0.2, 0.25) is 0 Å². The molecule has 0 unspecified atom stereocenters. The van der Waals surface area contributed by atoms with E-state index in [4.69, 9.17) is 5.11 Å². The highest BCUT2D eigenvalue weighted by Crippen LogP contribution is 2.58. The van der Waals surface area contributed by atoms with Crippen molar-refractivity contribution in [1.82, 2.24) is 0 Å². The number of nitrogens with one attached hydrogen (secondary N) is 2. The number of carbonyl (C=O) groups excluding carboxylic acids is 2. The minimum absolute atomic E-state index is 0.0779. The molecule has 1 aliphatic carbocycles. The summed E-state index contributed by atoms with van der Waals surface area (Å²) in [5, 5.41) is 14.6. The predicted octanol–water partition coefficient (Wildman–Crippen LogP) is 2.58. The monoisotopic (exact) mass is 318 g/mol. The van der Waals surface area contributed by atoms with E-state index < -0.39 is 23.2 Å². The maximum absolute atomic E-state index is 12.2. The highest BCUT2D eigenvalue weighted by molar-refractivity contribution is 6.00. The van der Waals surface area contributed by atoms with Crippen molar-refractivity contribution >= 4 is 29.2 Å². The summed E-state index contributed by atoms with van der Waals surface area (Å²) in [7, 11) is 0. The highest BCUT2D eigenvalue weighted by Gasteiger charge is 2.65. The van der Waals surface area contributed by atoms with Gasteiger partial charge < -0.3 is 15.7 Å². The third-order valence-electron chi connectivity index (χ3n) is 4.32. The largest absolute Gasteiger partial charge is 0.481 e. The first-order valence-corrected chi connectivity index (χ1v) is 7.59. The second-order valence-corrected chi connectivity index (χ2v) is 6.83. The second kappa shape index (κ2) is 6.02. The van der Waals surface area contributed by atoms with Crippen molar-refractivity contribution in [2.45, 2.75) is 27.7 Å². The number of carboxylic acid groups (broad SMARTS) is 1. The molecule has 1 aromatic carbocycles. The number of aliphatic carboxylic acids is 1. The molecule has 6 nitrogen and oxygen atoms in total. The van der Waals surface area contributed by atoms with Crippen molar-refractivity contribution in [3.05, 3.63) is 24.3 Å². The second-order valence-electron chi connectivity index (χ2n) is 6.83. The first kappa shape index (κ1) is 17.0. The van der Waals surface area contributed by atoms with Crippen LogP contribution in [0.3, 0.4) is 0 Å². The fourth-order valence-corrected chi connectivity index (χ4v) is 2.73. The molecule has 124 valence electrons. The summed E-state index contributed by atoms with van der Waals surface area (Å²) in [4.78, 5) is 34.9. The van der Waals surface area contributed by atoms with E-state index in [0.717, 1.165) is 0 Å². The van der Waals surface area contributed by atoms with E-state index >= 15 is 0 Å².